The van der Waals surface area contributed by atoms with Gasteiger partial charge in [-0.3, -0.25) is 4.79 Å². The Bertz CT molecular complexity index is 1160. The molecule has 1 aromatic heterocycles. The predicted octanol–water partition coefficient (Wildman–Crippen LogP) is 4.14. The molecule has 0 saturated carbocycles. The SMILES string of the molecule is Cc1ccc(/C=N/Nc2nc3ccccc3c(=O)n2-c2ccccc2)cc1. The lowest BCUT2D eigenvalue weighted by molar-refractivity contribution is 0.956. The summed E-state index contributed by atoms with van der Waals surface area (Å²) in [6.45, 7) is 2.04. The molecular weight excluding hydrogens is 336 g/mol. The molecule has 0 amide bonds. The van der Waals surface area contributed by atoms with Crippen molar-refractivity contribution in [2.24, 2.45) is 5.10 Å². The smallest absolute Gasteiger partial charge is 0.267 e. The molecule has 5 heteroatoms. The summed E-state index contributed by atoms with van der Waals surface area (Å²) in [7, 11) is 0. The summed E-state index contributed by atoms with van der Waals surface area (Å²) in [6, 6.07) is 24.7. The number of hydrazone groups is 1. The van der Waals surface area contributed by atoms with E-state index in [1.54, 1.807) is 12.3 Å². The summed E-state index contributed by atoms with van der Waals surface area (Å²) in [6.07, 6.45) is 1.70. The fraction of sp³-hybridized carbons (Fsp3) is 0.0455. The lowest BCUT2D eigenvalue weighted by atomic mass is 10.2. The van der Waals surface area contributed by atoms with E-state index >= 15 is 0 Å². The second-order valence-electron chi connectivity index (χ2n) is 6.21. The van der Waals surface area contributed by atoms with E-state index in [0.717, 1.165) is 11.3 Å². The zero-order valence-electron chi connectivity index (χ0n) is 14.8. The zero-order valence-corrected chi connectivity index (χ0v) is 14.8. The third kappa shape index (κ3) is 3.48. The molecule has 3 aromatic carbocycles. The first-order valence-electron chi connectivity index (χ1n) is 8.65. The number of anilines is 1. The molecule has 4 rings (SSSR count). The molecule has 0 unspecified atom stereocenters. The number of nitrogens with zero attached hydrogens (tertiary/aromatic N) is 3. The molecule has 27 heavy (non-hydrogen) atoms. The Morgan fingerprint density at radius 2 is 1.63 bits per heavy atom. The lowest BCUT2D eigenvalue weighted by Crippen LogP contribution is -2.22. The molecule has 0 aliphatic heterocycles. The van der Waals surface area contributed by atoms with Crippen LogP contribution in [0.1, 0.15) is 11.1 Å². The molecule has 5 nitrogen and oxygen atoms in total. The van der Waals surface area contributed by atoms with Gasteiger partial charge in [0, 0.05) is 0 Å². The van der Waals surface area contributed by atoms with Crippen LogP contribution in [0.25, 0.3) is 16.6 Å². The Hall–Kier alpha value is -3.73. The number of para-hydroxylation sites is 2. The summed E-state index contributed by atoms with van der Waals surface area (Å²) >= 11 is 0. The van der Waals surface area contributed by atoms with E-state index in [2.05, 4.69) is 15.5 Å². The standard InChI is InChI=1S/C22H18N4O/c1-16-11-13-17(14-12-16)15-23-25-22-24-20-10-6-5-9-19(20)21(27)26(22)18-7-3-2-4-8-18/h2-15H,1H3,(H,24,25)/b23-15+. The third-order valence-electron chi connectivity index (χ3n) is 4.25. The number of aromatic nitrogens is 2. The van der Waals surface area contributed by atoms with Crippen molar-refractivity contribution in [2.45, 2.75) is 6.92 Å². The largest absolute Gasteiger partial charge is 0.268 e. The second-order valence-corrected chi connectivity index (χ2v) is 6.21. The van der Waals surface area contributed by atoms with E-state index in [-0.39, 0.29) is 5.56 Å². The van der Waals surface area contributed by atoms with Gasteiger partial charge in [0.2, 0.25) is 5.95 Å². The van der Waals surface area contributed by atoms with E-state index in [0.29, 0.717) is 16.9 Å². The molecule has 1 N–H and O–H groups in total. The van der Waals surface area contributed by atoms with Crippen molar-refractivity contribution in [3.8, 4) is 5.69 Å². The number of benzene rings is 3. The van der Waals surface area contributed by atoms with E-state index < -0.39 is 0 Å². The molecule has 0 spiro atoms. The zero-order chi connectivity index (χ0) is 18.6. The van der Waals surface area contributed by atoms with Crippen LogP contribution >= 0.6 is 0 Å². The van der Waals surface area contributed by atoms with Crippen LogP contribution in [0.4, 0.5) is 5.95 Å². The first-order valence-corrected chi connectivity index (χ1v) is 8.65. The minimum atomic E-state index is -0.139. The van der Waals surface area contributed by atoms with Crippen LogP contribution in [0.2, 0.25) is 0 Å². The average Bonchev–Trinajstić information content (AvgIpc) is 2.70. The van der Waals surface area contributed by atoms with E-state index in [1.165, 1.54) is 10.1 Å². The Balaban J connectivity index is 1.78. The van der Waals surface area contributed by atoms with Crippen LogP contribution in [-0.4, -0.2) is 15.8 Å². The molecule has 0 radical (unpaired) electrons. The number of hydrogen-bond acceptors (Lipinski definition) is 4. The van der Waals surface area contributed by atoms with Gasteiger partial charge in [0.25, 0.3) is 5.56 Å². The second kappa shape index (κ2) is 7.25. The van der Waals surface area contributed by atoms with Crippen LogP contribution in [0.5, 0.6) is 0 Å². The highest BCUT2D eigenvalue weighted by Crippen LogP contribution is 2.16. The molecule has 0 atom stereocenters. The highest BCUT2D eigenvalue weighted by atomic mass is 16.1. The minimum Gasteiger partial charge on any atom is -0.268 e. The fourth-order valence-electron chi connectivity index (χ4n) is 2.84. The number of aryl methyl sites for hydroxylation is 1. The van der Waals surface area contributed by atoms with Crippen LogP contribution < -0.4 is 11.0 Å². The molecule has 0 aliphatic carbocycles. The maximum absolute atomic E-state index is 13.1. The van der Waals surface area contributed by atoms with Gasteiger partial charge >= 0.3 is 0 Å². The molecule has 1 heterocycles. The molecule has 0 saturated heterocycles. The van der Waals surface area contributed by atoms with Gasteiger partial charge < -0.3 is 0 Å². The maximum atomic E-state index is 13.1. The molecule has 0 fully saturated rings. The van der Waals surface area contributed by atoms with Gasteiger partial charge in [-0.05, 0) is 36.8 Å². The molecular formula is C22H18N4O. The van der Waals surface area contributed by atoms with Gasteiger partial charge in [-0.15, -0.1) is 0 Å². The van der Waals surface area contributed by atoms with Crippen molar-refractivity contribution >= 4 is 23.1 Å². The van der Waals surface area contributed by atoms with Gasteiger partial charge in [0.05, 0.1) is 22.8 Å². The topological polar surface area (TPSA) is 59.3 Å². The van der Waals surface area contributed by atoms with Crippen LogP contribution in [0.15, 0.2) is 88.8 Å². The Kier molecular flexibility index (Phi) is 4.49. The van der Waals surface area contributed by atoms with Gasteiger partial charge in [-0.25, -0.2) is 15.0 Å². The predicted molar refractivity (Wildman–Crippen MR) is 110 cm³/mol. The molecule has 0 aliphatic rings. The minimum absolute atomic E-state index is 0.139. The van der Waals surface area contributed by atoms with Crippen molar-refractivity contribution in [3.63, 3.8) is 0 Å². The van der Waals surface area contributed by atoms with Crippen molar-refractivity contribution in [1.29, 1.82) is 0 Å². The van der Waals surface area contributed by atoms with Gasteiger partial charge in [0.1, 0.15) is 0 Å². The Labute approximate surface area is 156 Å². The van der Waals surface area contributed by atoms with Gasteiger partial charge in [-0.2, -0.15) is 5.10 Å². The van der Waals surface area contributed by atoms with Gasteiger partial charge in [0.15, 0.2) is 0 Å². The highest BCUT2D eigenvalue weighted by molar-refractivity contribution is 5.81. The van der Waals surface area contributed by atoms with Crippen LogP contribution in [-0.2, 0) is 0 Å². The Morgan fingerprint density at radius 1 is 0.926 bits per heavy atom. The number of nitrogens with one attached hydrogen (secondary N) is 1. The third-order valence-corrected chi connectivity index (χ3v) is 4.25. The lowest BCUT2D eigenvalue weighted by Gasteiger charge is -2.12. The number of hydrogen-bond donors (Lipinski definition) is 1. The monoisotopic (exact) mass is 354 g/mol. The Morgan fingerprint density at radius 3 is 2.41 bits per heavy atom. The van der Waals surface area contributed by atoms with E-state index in [9.17, 15) is 4.79 Å². The maximum Gasteiger partial charge on any atom is 0.267 e. The van der Waals surface area contributed by atoms with Crippen LogP contribution in [0, 0.1) is 6.92 Å². The quantitative estimate of drug-likeness (QED) is 0.443. The van der Waals surface area contributed by atoms with Crippen molar-refractivity contribution in [3.05, 3.63) is 100 Å². The van der Waals surface area contributed by atoms with E-state index in [4.69, 9.17) is 0 Å². The number of fused-ring (bicyclic) bond motifs is 1. The normalized spacial score (nSPS) is 11.1. The summed E-state index contributed by atoms with van der Waals surface area (Å²) in [4.78, 5) is 17.6. The summed E-state index contributed by atoms with van der Waals surface area (Å²) in [5.41, 5.74) is 6.30. The average molecular weight is 354 g/mol. The fourth-order valence-corrected chi connectivity index (χ4v) is 2.84. The van der Waals surface area contributed by atoms with Crippen molar-refractivity contribution in [2.75, 3.05) is 5.43 Å². The highest BCUT2D eigenvalue weighted by Gasteiger charge is 2.11. The summed E-state index contributed by atoms with van der Waals surface area (Å²) in [5.74, 6) is 0.369. The first-order chi connectivity index (χ1) is 13.2. The molecule has 132 valence electrons. The van der Waals surface area contributed by atoms with Crippen molar-refractivity contribution < 1.29 is 0 Å². The number of rotatable bonds is 4. The van der Waals surface area contributed by atoms with Crippen LogP contribution in [0.3, 0.4) is 0 Å². The summed E-state index contributed by atoms with van der Waals surface area (Å²) < 4.78 is 1.54. The molecule has 0 bridgehead atoms. The van der Waals surface area contributed by atoms with E-state index in [1.807, 2.05) is 79.7 Å². The first kappa shape index (κ1) is 16.7. The molecule has 4 aromatic rings. The van der Waals surface area contributed by atoms with Gasteiger partial charge in [-0.1, -0.05) is 60.2 Å². The summed E-state index contributed by atoms with van der Waals surface area (Å²) in [5, 5.41) is 4.84. The van der Waals surface area contributed by atoms with Crippen molar-refractivity contribution in [1.82, 2.24) is 9.55 Å².